The highest BCUT2D eigenvalue weighted by Gasteiger charge is 2.33. The fourth-order valence-corrected chi connectivity index (χ4v) is 2.33. The molecule has 0 aromatic carbocycles. The van der Waals surface area contributed by atoms with Crippen molar-refractivity contribution in [3.8, 4) is 0 Å². The third-order valence-electron chi connectivity index (χ3n) is 3.45. The molecule has 0 amide bonds. The van der Waals surface area contributed by atoms with Gasteiger partial charge in [0, 0.05) is 25.2 Å². The van der Waals surface area contributed by atoms with Crippen molar-refractivity contribution < 1.29 is 4.52 Å². The predicted octanol–water partition coefficient (Wildman–Crippen LogP) is 1.96. The van der Waals surface area contributed by atoms with Gasteiger partial charge >= 0.3 is 0 Å². The molecular formula is C12H22ClN3O. The lowest BCUT2D eigenvalue weighted by Gasteiger charge is -2.42. The summed E-state index contributed by atoms with van der Waals surface area (Å²) in [6.45, 7) is 9.32. The van der Waals surface area contributed by atoms with E-state index in [0.717, 1.165) is 37.5 Å². The molecule has 2 N–H and O–H groups in total. The quantitative estimate of drug-likeness (QED) is 0.882. The third kappa shape index (κ3) is 3.44. The second-order valence-corrected chi connectivity index (χ2v) is 5.53. The monoisotopic (exact) mass is 259 g/mol. The number of nitrogens with two attached hydrogens (primary N) is 1. The van der Waals surface area contributed by atoms with Gasteiger partial charge in [0.25, 0.3) is 0 Å². The molecule has 1 saturated heterocycles. The minimum absolute atomic E-state index is 0. The number of piperidine rings is 1. The molecule has 1 aliphatic heterocycles. The maximum atomic E-state index is 6.11. The van der Waals surface area contributed by atoms with Crippen molar-refractivity contribution in [2.24, 2.45) is 11.1 Å². The smallest absolute Gasteiger partial charge is 0.150 e. The van der Waals surface area contributed by atoms with E-state index in [2.05, 4.69) is 23.9 Å². The lowest BCUT2D eigenvalue weighted by molar-refractivity contribution is 0.0826. The van der Waals surface area contributed by atoms with E-state index in [1.807, 2.05) is 13.0 Å². The van der Waals surface area contributed by atoms with E-state index in [0.29, 0.717) is 6.04 Å². The summed E-state index contributed by atoms with van der Waals surface area (Å²) in [5.41, 5.74) is 7.24. The van der Waals surface area contributed by atoms with E-state index in [1.165, 1.54) is 0 Å². The van der Waals surface area contributed by atoms with E-state index in [1.54, 1.807) is 0 Å². The van der Waals surface area contributed by atoms with Crippen molar-refractivity contribution in [1.29, 1.82) is 0 Å². The Kier molecular flexibility index (Phi) is 4.58. The minimum Gasteiger partial charge on any atom is -0.360 e. The van der Waals surface area contributed by atoms with Crippen LogP contribution in [0.15, 0.2) is 10.6 Å². The van der Waals surface area contributed by atoms with Gasteiger partial charge in [-0.3, -0.25) is 4.90 Å². The number of nitrogens with zero attached hydrogens (tertiary/aromatic N) is 2. The number of rotatable bonds is 2. The van der Waals surface area contributed by atoms with Crippen molar-refractivity contribution >= 4 is 12.4 Å². The Balaban J connectivity index is 0.00000144. The molecule has 2 rings (SSSR count). The number of likely N-dealkylation sites (tertiary alicyclic amines) is 1. The first kappa shape index (κ1) is 14.5. The van der Waals surface area contributed by atoms with Gasteiger partial charge in [0.15, 0.2) is 5.76 Å². The molecule has 1 aromatic heterocycles. The summed E-state index contributed by atoms with van der Waals surface area (Å²) in [5, 5.41) is 3.91. The first-order valence-corrected chi connectivity index (χ1v) is 5.87. The molecule has 17 heavy (non-hydrogen) atoms. The maximum Gasteiger partial charge on any atom is 0.150 e. The third-order valence-corrected chi connectivity index (χ3v) is 3.45. The zero-order chi connectivity index (χ0) is 11.8. The molecule has 1 aromatic rings. The summed E-state index contributed by atoms with van der Waals surface area (Å²) in [7, 11) is 0. The fourth-order valence-electron chi connectivity index (χ4n) is 2.33. The van der Waals surface area contributed by atoms with Crippen molar-refractivity contribution in [3.05, 3.63) is 17.5 Å². The summed E-state index contributed by atoms with van der Waals surface area (Å²) in [5.74, 6) is 0.948. The van der Waals surface area contributed by atoms with E-state index in [-0.39, 0.29) is 17.8 Å². The molecule has 1 atom stereocenters. The standard InChI is InChI=1S/C12H21N3O.ClH/c1-9-6-10(16-14-9)7-15-5-4-11(13)12(2,3)8-15;/h6,11H,4-5,7-8,13H2,1-3H3;1H. The fraction of sp³-hybridized carbons (Fsp3) is 0.750. The van der Waals surface area contributed by atoms with Crippen LogP contribution < -0.4 is 5.73 Å². The van der Waals surface area contributed by atoms with Gasteiger partial charge in [-0.25, -0.2) is 0 Å². The Hall–Kier alpha value is -0.580. The van der Waals surface area contributed by atoms with Gasteiger partial charge in [0.05, 0.1) is 12.2 Å². The van der Waals surface area contributed by atoms with Crippen LogP contribution in [-0.2, 0) is 6.54 Å². The highest BCUT2D eigenvalue weighted by atomic mass is 35.5. The van der Waals surface area contributed by atoms with Gasteiger partial charge in [-0.1, -0.05) is 19.0 Å². The number of aryl methyl sites for hydroxylation is 1. The van der Waals surface area contributed by atoms with Crippen LogP contribution in [0.5, 0.6) is 0 Å². The summed E-state index contributed by atoms with van der Waals surface area (Å²) in [6.07, 6.45) is 1.06. The molecule has 0 aliphatic carbocycles. The molecule has 0 spiro atoms. The second kappa shape index (κ2) is 5.38. The average molecular weight is 260 g/mol. The highest BCUT2D eigenvalue weighted by molar-refractivity contribution is 5.85. The van der Waals surface area contributed by atoms with E-state index < -0.39 is 0 Å². The molecule has 0 saturated carbocycles. The molecule has 4 nitrogen and oxygen atoms in total. The Morgan fingerprint density at radius 1 is 1.59 bits per heavy atom. The van der Waals surface area contributed by atoms with Crippen LogP contribution >= 0.6 is 12.4 Å². The van der Waals surface area contributed by atoms with Gasteiger partial charge in [0.1, 0.15) is 0 Å². The van der Waals surface area contributed by atoms with E-state index in [4.69, 9.17) is 10.3 Å². The second-order valence-electron chi connectivity index (χ2n) is 5.53. The van der Waals surface area contributed by atoms with Gasteiger partial charge in [0.2, 0.25) is 0 Å². The summed E-state index contributed by atoms with van der Waals surface area (Å²) < 4.78 is 5.24. The topological polar surface area (TPSA) is 55.3 Å². The molecule has 5 heteroatoms. The zero-order valence-electron chi connectivity index (χ0n) is 10.8. The Bertz CT molecular complexity index is 364. The average Bonchev–Trinajstić information content (AvgIpc) is 2.57. The van der Waals surface area contributed by atoms with Crippen LogP contribution in [0.1, 0.15) is 31.7 Å². The maximum absolute atomic E-state index is 6.11. The van der Waals surface area contributed by atoms with Gasteiger partial charge in [-0.05, 0) is 18.8 Å². The first-order valence-electron chi connectivity index (χ1n) is 5.87. The van der Waals surface area contributed by atoms with Crippen LogP contribution in [0.25, 0.3) is 0 Å². The highest BCUT2D eigenvalue weighted by Crippen LogP contribution is 2.28. The van der Waals surface area contributed by atoms with E-state index in [9.17, 15) is 0 Å². The lowest BCUT2D eigenvalue weighted by Crippen LogP contribution is -2.51. The van der Waals surface area contributed by atoms with Gasteiger partial charge < -0.3 is 10.3 Å². The molecular weight excluding hydrogens is 238 g/mol. The minimum atomic E-state index is 0. The van der Waals surface area contributed by atoms with Crippen LogP contribution in [0.2, 0.25) is 0 Å². The molecule has 2 heterocycles. The van der Waals surface area contributed by atoms with Crippen LogP contribution in [-0.4, -0.2) is 29.2 Å². The van der Waals surface area contributed by atoms with Crippen LogP contribution in [0, 0.1) is 12.3 Å². The molecule has 98 valence electrons. The van der Waals surface area contributed by atoms with E-state index >= 15 is 0 Å². The lowest BCUT2D eigenvalue weighted by atomic mass is 9.80. The number of hydrogen-bond acceptors (Lipinski definition) is 4. The first-order chi connectivity index (χ1) is 7.47. The Morgan fingerprint density at radius 2 is 2.29 bits per heavy atom. The SMILES string of the molecule is Cc1cc(CN2CCC(N)C(C)(C)C2)on1.Cl. The zero-order valence-corrected chi connectivity index (χ0v) is 11.6. The molecule has 0 bridgehead atoms. The van der Waals surface area contributed by atoms with Gasteiger partial charge in [-0.2, -0.15) is 0 Å². The largest absolute Gasteiger partial charge is 0.360 e. The van der Waals surface area contributed by atoms with Crippen LogP contribution in [0.4, 0.5) is 0 Å². The number of hydrogen-bond donors (Lipinski definition) is 1. The molecule has 1 fully saturated rings. The Morgan fingerprint density at radius 3 is 2.82 bits per heavy atom. The summed E-state index contributed by atoms with van der Waals surface area (Å²) >= 11 is 0. The van der Waals surface area contributed by atoms with Crippen molar-refractivity contribution in [1.82, 2.24) is 10.1 Å². The van der Waals surface area contributed by atoms with Gasteiger partial charge in [-0.15, -0.1) is 12.4 Å². The molecule has 1 unspecified atom stereocenters. The molecule has 0 radical (unpaired) electrons. The molecule has 1 aliphatic rings. The van der Waals surface area contributed by atoms with Crippen LogP contribution in [0.3, 0.4) is 0 Å². The van der Waals surface area contributed by atoms with Crippen molar-refractivity contribution in [2.75, 3.05) is 13.1 Å². The van der Waals surface area contributed by atoms with Crippen molar-refractivity contribution in [3.63, 3.8) is 0 Å². The summed E-state index contributed by atoms with van der Waals surface area (Å²) in [4.78, 5) is 2.39. The number of halogens is 1. The predicted molar refractivity (Wildman–Crippen MR) is 70.1 cm³/mol. The normalized spacial score (nSPS) is 24.4. The number of aromatic nitrogens is 1. The summed E-state index contributed by atoms with van der Waals surface area (Å²) in [6, 6.07) is 2.31. The Labute approximate surface area is 109 Å². The van der Waals surface area contributed by atoms with Crippen molar-refractivity contribution in [2.45, 2.75) is 39.8 Å².